The van der Waals surface area contributed by atoms with Crippen molar-refractivity contribution in [2.24, 2.45) is 0 Å². The molecule has 7 heteroatoms. The number of carbonyl (C=O) groups excluding carboxylic acids is 2. The first kappa shape index (κ1) is 11.1. The van der Waals surface area contributed by atoms with Gasteiger partial charge in [0.15, 0.2) is 0 Å². The smallest absolute Gasteiger partial charge is 0.259 e. The molecule has 0 aliphatic carbocycles. The van der Waals surface area contributed by atoms with Gasteiger partial charge in [0.2, 0.25) is 0 Å². The molecule has 4 N–H and O–H groups in total. The van der Waals surface area contributed by atoms with E-state index in [0.717, 1.165) is 0 Å². The van der Waals surface area contributed by atoms with E-state index in [0.29, 0.717) is 28.5 Å². The number of nitrogens with one attached hydrogen (secondary N) is 2. The summed E-state index contributed by atoms with van der Waals surface area (Å²) in [7, 11) is 0. The number of nitrogens with two attached hydrogens (primary N) is 1. The van der Waals surface area contributed by atoms with Crippen LogP contribution in [0.1, 0.15) is 20.7 Å². The van der Waals surface area contributed by atoms with Crippen LogP contribution in [0.25, 0.3) is 0 Å². The highest BCUT2D eigenvalue weighted by atomic mass is 16.2. The first-order chi connectivity index (χ1) is 9.13. The molecule has 0 fully saturated rings. The lowest BCUT2D eigenvalue weighted by Gasteiger charge is -2.06. The van der Waals surface area contributed by atoms with Crippen LogP contribution in [0.3, 0.4) is 0 Å². The van der Waals surface area contributed by atoms with Crippen molar-refractivity contribution in [2.45, 2.75) is 0 Å². The molecule has 19 heavy (non-hydrogen) atoms. The molecule has 0 radical (unpaired) electrons. The molecule has 0 saturated heterocycles. The number of aromatic nitrogens is 2. The van der Waals surface area contributed by atoms with Crippen molar-refractivity contribution >= 4 is 29.1 Å². The van der Waals surface area contributed by atoms with E-state index in [2.05, 4.69) is 20.6 Å². The van der Waals surface area contributed by atoms with Crippen molar-refractivity contribution in [1.29, 1.82) is 0 Å². The van der Waals surface area contributed by atoms with E-state index in [4.69, 9.17) is 5.73 Å². The molecule has 1 aliphatic rings. The van der Waals surface area contributed by atoms with Crippen molar-refractivity contribution in [3.05, 3.63) is 41.7 Å². The minimum atomic E-state index is -0.397. The third kappa shape index (κ3) is 1.97. The second-order valence-corrected chi connectivity index (χ2v) is 4.00. The molecule has 2 heterocycles. The normalized spacial score (nSPS) is 13.1. The van der Waals surface area contributed by atoms with Crippen LogP contribution in [0.5, 0.6) is 0 Å². The van der Waals surface area contributed by atoms with E-state index in [9.17, 15) is 9.59 Å². The fourth-order valence-electron chi connectivity index (χ4n) is 1.83. The van der Waals surface area contributed by atoms with Crippen molar-refractivity contribution in [1.82, 2.24) is 15.3 Å². The van der Waals surface area contributed by atoms with Gasteiger partial charge in [-0.25, -0.2) is 9.97 Å². The summed E-state index contributed by atoms with van der Waals surface area (Å²) >= 11 is 0. The Morgan fingerprint density at radius 3 is 2.63 bits per heavy atom. The summed E-state index contributed by atoms with van der Waals surface area (Å²) in [5, 5.41) is 5.22. The van der Waals surface area contributed by atoms with Gasteiger partial charge in [0.1, 0.15) is 18.0 Å². The fraction of sp³-hybridized carbons (Fsp3) is 0. The molecule has 0 spiro atoms. The summed E-state index contributed by atoms with van der Waals surface area (Å²) < 4.78 is 0. The van der Waals surface area contributed by atoms with Crippen LogP contribution in [-0.2, 0) is 0 Å². The maximum absolute atomic E-state index is 11.5. The second kappa shape index (κ2) is 4.05. The van der Waals surface area contributed by atoms with E-state index >= 15 is 0 Å². The summed E-state index contributed by atoms with van der Waals surface area (Å²) in [6, 6.07) is 6.43. The molecule has 2 amide bonds. The van der Waals surface area contributed by atoms with Gasteiger partial charge in [-0.2, -0.15) is 0 Å². The van der Waals surface area contributed by atoms with Gasteiger partial charge in [-0.05, 0) is 18.2 Å². The van der Waals surface area contributed by atoms with E-state index in [-0.39, 0.29) is 5.91 Å². The number of amides is 2. The molecular formula is C12H9N5O2. The molecule has 94 valence electrons. The van der Waals surface area contributed by atoms with Crippen molar-refractivity contribution in [2.75, 3.05) is 11.1 Å². The highest BCUT2D eigenvalue weighted by Gasteiger charge is 2.26. The summed E-state index contributed by atoms with van der Waals surface area (Å²) in [5.41, 5.74) is 6.90. The highest BCUT2D eigenvalue weighted by Crippen LogP contribution is 2.22. The minimum Gasteiger partial charge on any atom is -0.384 e. The van der Waals surface area contributed by atoms with Gasteiger partial charge in [0.05, 0.1) is 11.1 Å². The summed E-state index contributed by atoms with van der Waals surface area (Å²) in [5.74, 6) is 0.0763. The number of carbonyl (C=O) groups is 2. The van der Waals surface area contributed by atoms with Crippen LogP contribution in [-0.4, -0.2) is 21.8 Å². The van der Waals surface area contributed by atoms with Gasteiger partial charge >= 0.3 is 0 Å². The van der Waals surface area contributed by atoms with Crippen LogP contribution in [0, 0.1) is 0 Å². The molecule has 7 nitrogen and oxygen atoms in total. The zero-order valence-electron chi connectivity index (χ0n) is 9.68. The number of imide groups is 1. The number of benzene rings is 1. The highest BCUT2D eigenvalue weighted by molar-refractivity contribution is 6.21. The molecule has 0 bridgehead atoms. The van der Waals surface area contributed by atoms with Crippen LogP contribution in [0.2, 0.25) is 0 Å². The third-order valence-electron chi connectivity index (χ3n) is 2.70. The SMILES string of the molecule is Nc1cc(Nc2ccc3c(c2)C(=O)NC3=O)ncn1. The number of hydrogen-bond acceptors (Lipinski definition) is 6. The number of nitrogen functional groups attached to an aromatic ring is 1. The predicted molar refractivity (Wildman–Crippen MR) is 68.0 cm³/mol. The Hall–Kier alpha value is -2.96. The molecule has 0 atom stereocenters. The van der Waals surface area contributed by atoms with Crippen LogP contribution >= 0.6 is 0 Å². The fourth-order valence-corrected chi connectivity index (χ4v) is 1.83. The number of fused-ring (bicyclic) bond motifs is 1. The van der Waals surface area contributed by atoms with Gasteiger partial charge in [-0.3, -0.25) is 14.9 Å². The van der Waals surface area contributed by atoms with E-state index in [1.807, 2.05) is 0 Å². The van der Waals surface area contributed by atoms with E-state index in [1.54, 1.807) is 24.3 Å². The monoisotopic (exact) mass is 255 g/mol. The van der Waals surface area contributed by atoms with Gasteiger partial charge < -0.3 is 11.1 Å². The van der Waals surface area contributed by atoms with Crippen LogP contribution in [0.15, 0.2) is 30.6 Å². The van der Waals surface area contributed by atoms with Crippen molar-refractivity contribution in [3.63, 3.8) is 0 Å². The third-order valence-corrected chi connectivity index (χ3v) is 2.70. The lowest BCUT2D eigenvalue weighted by atomic mass is 10.1. The van der Waals surface area contributed by atoms with Crippen LogP contribution in [0.4, 0.5) is 17.3 Å². The molecule has 1 aromatic heterocycles. The first-order valence-corrected chi connectivity index (χ1v) is 5.48. The topological polar surface area (TPSA) is 110 Å². The summed E-state index contributed by atoms with van der Waals surface area (Å²) in [6.07, 6.45) is 1.33. The Kier molecular flexibility index (Phi) is 2.38. The molecule has 0 saturated carbocycles. The molecule has 3 rings (SSSR count). The zero-order chi connectivity index (χ0) is 13.4. The Morgan fingerprint density at radius 2 is 1.84 bits per heavy atom. The summed E-state index contributed by atoms with van der Waals surface area (Å²) in [6.45, 7) is 0. The van der Waals surface area contributed by atoms with Crippen LogP contribution < -0.4 is 16.4 Å². The molecule has 2 aromatic rings. The Bertz CT molecular complexity index is 698. The molecule has 1 aliphatic heterocycles. The van der Waals surface area contributed by atoms with Gasteiger partial charge in [-0.1, -0.05) is 0 Å². The lowest BCUT2D eigenvalue weighted by molar-refractivity contribution is 0.0879. The van der Waals surface area contributed by atoms with E-state index in [1.165, 1.54) is 6.33 Å². The minimum absolute atomic E-state index is 0.339. The summed E-state index contributed by atoms with van der Waals surface area (Å²) in [4.78, 5) is 30.7. The van der Waals surface area contributed by atoms with Gasteiger partial charge in [0.25, 0.3) is 11.8 Å². The van der Waals surface area contributed by atoms with Crippen molar-refractivity contribution < 1.29 is 9.59 Å². The molecule has 0 unspecified atom stereocenters. The van der Waals surface area contributed by atoms with Gasteiger partial charge in [0, 0.05) is 11.8 Å². The molecule has 1 aromatic carbocycles. The Morgan fingerprint density at radius 1 is 1.05 bits per heavy atom. The molecular weight excluding hydrogens is 246 g/mol. The first-order valence-electron chi connectivity index (χ1n) is 5.48. The quantitative estimate of drug-likeness (QED) is 0.681. The second-order valence-electron chi connectivity index (χ2n) is 4.00. The largest absolute Gasteiger partial charge is 0.384 e. The zero-order valence-corrected chi connectivity index (χ0v) is 9.68. The average Bonchev–Trinajstić information content (AvgIpc) is 2.65. The number of rotatable bonds is 2. The number of anilines is 3. The predicted octanol–water partition coefficient (Wildman–Crippen LogP) is 0.686. The number of hydrogen-bond donors (Lipinski definition) is 3. The van der Waals surface area contributed by atoms with Crippen molar-refractivity contribution in [3.8, 4) is 0 Å². The average molecular weight is 255 g/mol. The Labute approximate surface area is 107 Å². The number of nitrogens with zero attached hydrogens (tertiary/aromatic N) is 2. The lowest BCUT2D eigenvalue weighted by Crippen LogP contribution is -2.19. The standard InChI is InChI=1S/C12H9N5O2/c13-9-4-10(15-5-14-9)16-6-1-2-7-8(3-6)12(19)17-11(7)18/h1-5H,(H,17,18,19)(H3,13,14,15,16). The maximum atomic E-state index is 11.5. The Balaban J connectivity index is 1.93. The van der Waals surface area contributed by atoms with Gasteiger partial charge in [-0.15, -0.1) is 0 Å². The van der Waals surface area contributed by atoms with E-state index < -0.39 is 5.91 Å². The maximum Gasteiger partial charge on any atom is 0.259 e.